The molecule has 0 aliphatic carbocycles. The first-order valence-corrected chi connectivity index (χ1v) is 8.00. The van der Waals surface area contributed by atoms with Crippen LogP contribution in [-0.4, -0.2) is 19.1 Å². The third kappa shape index (κ3) is 5.95. The summed E-state index contributed by atoms with van der Waals surface area (Å²) >= 11 is 3.45. The van der Waals surface area contributed by atoms with E-state index >= 15 is 0 Å². The molecule has 0 saturated heterocycles. The SMILES string of the molecule is CCCCCCNC(=O)COc1c(C)cc(Br)cc1C. The van der Waals surface area contributed by atoms with Gasteiger partial charge in [0.1, 0.15) is 5.75 Å². The second-order valence-corrected chi connectivity index (χ2v) is 5.98. The standard InChI is InChI=1S/C16H24BrNO2/c1-4-5-6-7-8-18-15(19)11-20-16-12(2)9-14(17)10-13(16)3/h9-10H,4-8,11H2,1-3H3,(H,18,19). The largest absolute Gasteiger partial charge is 0.483 e. The Morgan fingerprint density at radius 1 is 1.20 bits per heavy atom. The molecule has 0 fully saturated rings. The summed E-state index contributed by atoms with van der Waals surface area (Å²) in [6, 6.07) is 3.98. The number of ether oxygens (including phenoxy) is 1. The fourth-order valence-electron chi connectivity index (χ4n) is 2.09. The van der Waals surface area contributed by atoms with Crippen LogP contribution >= 0.6 is 15.9 Å². The summed E-state index contributed by atoms with van der Waals surface area (Å²) < 4.78 is 6.66. The van der Waals surface area contributed by atoms with Crippen molar-refractivity contribution in [3.8, 4) is 5.75 Å². The topological polar surface area (TPSA) is 38.3 Å². The highest BCUT2D eigenvalue weighted by molar-refractivity contribution is 9.10. The molecule has 0 atom stereocenters. The molecule has 1 aromatic carbocycles. The van der Waals surface area contributed by atoms with Crippen molar-refractivity contribution in [2.24, 2.45) is 0 Å². The predicted molar refractivity (Wildman–Crippen MR) is 86.3 cm³/mol. The highest BCUT2D eigenvalue weighted by Gasteiger charge is 2.08. The number of aryl methyl sites for hydroxylation is 2. The maximum absolute atomic E-state index is 11.7. The number of hydrogen-bond donors (Lipinski definition) is 1. The number of hydrogen-bond acceptors (Lipinski definition) is 2. The normalized spacial score (nSPS) is 10.4. The fraction of sp³-hybridized carbons (Fsp3) is 0.562. The molecule has 0 saturated carbocycles. The first-order chi connectivity index (χ1) is 9.54. The lowest BCUT2D eigenvalue weighted by Crippen LogP contribution is -2.29. The Labute approximate surface area is 130 Å². The van der Waals surface area contributed by atoms with Crippen molar-refractivity contribution in [1.29, 1.82) is 0 Å². The Morgan fingerprint density at radius 2 is 1.85 bits per heavy atom. The summed E-state index contributed by atoms with van der Waals surface area (Å²) in [7, 11) is 0. The third-order valence-electron chi connectivity index (χ3n) is 3.13. The molecule has 112 valence electrons. The van der Waals surface area contributed by atoms with Crippen LogP contribution in [-0.2, 0) is 4.79 Å². The minimum Gasteiger partial charge on any atom is -0.483 e. The van der Waals surface area contributed by atoms with Gasteiger partial charge in [-0.2, -0.15) is 0 Å². The van der Waals surface area contributed by atoms with E-state index in [9.17, 15) is 4.79 Å². The highest BCUT2D eigenvalue weighted by Crippen LogP contribution is 2.27. The first-order valence-electron chi connectivity index (χ1n) is 7.20. The molecule has 0 unspecified atom stereocenters. The van der Waals surface area contributed by atoms with Crippen LogP contribution in [0.3, 0.4) is 0 Å². The van der Waals surface area contributed by atoms with Crippen LogP contribution in [0.1, 0.15) is 43.7 Å². The van der Waals surface area contributed by atoms with E-state index < -0.39 is 0 Å². The fourth-order valence-corrected chi connectivity index (χ4v) is 2.78. The maximum atomic E-state index is 11.7. The molecule has 0 radical (unpaired) electrons. The number of carbonyl (C=O) groups excluding carboxylic acids is 1. The monoisotopic (exact) mass is 341 g/mol. The molecule has 20 heavy (non-hydrogen) atoms. The lowest BCUT2D eigenvalue weighted by Gasteiger charge is -2.12. The number of nitrogens with one attached hydrogen (secondary N) is 1. The van der Waals surface area contributed by atoms with Gasteiger partial charge in [-0.15, -0.1) is 0 Å². The van der Waals surface area contributed by atoms with Gasteiger partial charge in [0.2, 0.25) is 0 Å². The Kier molecular flexibility index (Phi) is 7.67. The molecule has 0 aromatic heterocycles. The Bertz CT molecular complexity index is 423. The van der Waals surface area contributed by atoms with Gasteiger partial charge in [0.25, 0.3) is 5.91 Å². The van der Waals surface area contributed by atoms with Gasteiger partial charge >= 0.3 is 0 Å². The molecule has 4 heteroatoms. The summed E-state index contributed by atoms with van der Waals surface area (Å²) in [5, 5.41) is 2.89. The lowest BCUT2D eigenvalue weighted by molar-refractivity contribution is -0.123. The van der Waals surface area contributed by atoms with E-state index in [2.05, 4.69) is 28.2 Å². The van der Waals surface area contributed by atoms with Crippen molar-refractivity contribution >= 4 is 21.8 Å². The number of rotatable bonds is 8. The van der Waals surface area contributed by atoms with Crippen LogP contribution in [0.2, 0.25) is 0 Å². The van der Waals surface area contributed by atoms with Gasteiger partial charge in [0, 0.05) is 11.0 Å². The third-order valence-corrected chi connectivity index (χ3v) is 3.58. The van der Waals surface area contributed by atoms with Crippen molar-refractivity contribution in [3.63, 3.8) is 0 Å². The predicted octanol–water partition coefficient (Wildman–Crippen LogP) is 4.14. The Balaban J connectivity index is 2.34. The lowest BCUT2D eigenvalue weighted by atomic mass is 10.1. The minimum absolute atomic E-state index is 0.0526. The minimum atomic E-state index is -0.0526. The van der Waals surface area contributed by atoms with Crippen molar-refractivity contribution in [2.45, 2.75) is 46.5 Å². The Hall–Kier alpha value is -1.03. The van der Waals surface area contributed by atoms with Gasteiger partial charge < -0.3 is 10.1 Å². The van der Waals surface area contributed by atoms with Crippen molar-refractivity contribution < 1.29 is 9.53 Å². The molecule has 0 heterocycles. The van der Waals surface area contributed by atoms with Crippen molar-refractivity contribution in [1.82, 2.24) is 5.32 Å². The first kappa shape index (κ1) is 17.0. The van der Waals surface area contributed by atoms with Gasteiger partial charge in [0.15, 0.2) is 6.61 Å². The van der Waals surface area contributed by atoms with Crippen LogP contribution in [0, 0.1) is 13.8 Å². The van der Waals surface area contributed by atoms with Gasteiger partial charge in [-0.1, -0.05) is 42.1 Å². The van der Waals surface area contributed by atoms with Crippen LogP contribution in [0.4, 0.5) is 0 Å². The summed E-state index contributed by atoms with van der Waals surface area (Å²) in [6.45, 7) is 6.96. The van der Waals surface area contributed by atoms with Crippen LogP contribution in [0.25, 0.3) is 0 Å². The van der Waals surface area contributed by atoms with Crippen molar-refractivity contribution in [3.05, 3.63) is 27.7 Å². The summed E-state index contributed by atoms with van der Waals surface area (Å²) in [4.78, 5) is 11.7. The molecule has 1 amide bonds. The van der Waals surface area contributed by atoms with E-state index in [-0.39, 0.29) is 12.5 Å². The maximum Gasteiger partial charge on any atom is 0.257 e. The smallest absolute Gasteiger partial charge is 0.257 e. The van der Waals surface area contributed by atoms with E-state index in [4.69, 9.17) is 4.74 Å². The van der Waals surface area contributed by atoms with Crippen LogP contribution in [0.15, 0.2) is 16.6 Å². The molecule has 1 N–H and O–H groups in total. The summed E-state index contributed by atoms with van der Waals surface area (Å²) in [5.74, 6) is 0.748. The van der Waals surface area contributed by atoms with E-state index in [1.54, 1.807) is 0 Å². The quantitative estimate of drug-likeness (QED) is 0.721. The van der Waals surface area contributed by atoms with Gasteiger partial charge in [0.05, 0.1) is 0 Å². The van der Waals surface area contributed by atoms with E-state index in [1.165, 1.54) is 19.3 Å². The molecular formula is C16H24BrNO2. The number of carbonyl (C=O) groups is 1. The molecule has 1 aromatic rings. The number of benzene rings is 1. The molecular weight excluding hydrogens is 318 g/mol. The molecule has 0 spiro atoms. The highest BCUT2D eigenvalue weighted by atomic mass is 79.9. The summed E-state index contributed by atoms with van der Waals surface area (Å²) in [5.41, 5.74) is 2.07. The van der Waals surface area contributed by atoms with Gasteiger partial charge in [-0.3, -0.25) is 4.79 Å². The van der Waals surface area contributed by atoms with E-state index in [0.717, 1.165) is 34.3 Å². The molecule has 3 nitrogen and oxygen atoms in total. The van der Waals surface area contributed by atoms with Crippen LogP contribution in [0.5, 0.6) is 5.75 Å². The molecule has 0 bridgehead atoms. The van der Waals surface area contributed by atoms with Crippen LogP contribution < -0.4 is 10.1 Å². The average molecular weight is 342 g/mol. The van der Waals surface area contributed by atoms with Gasteiger partial charge in [-0.25, -0.2) is 0 Å². The second-order valence-electron chi connectivity index (χ2n) is 5.07. The zero-order valence-corrected chi connectivity index (χ0v) is 14.2. The van der Waals surface area contributed by atoms with E-state index in [1.807, 2.05) is 26.0 Å². The number of halogens is 1. The van der Waals surface area contributed by atoms with Gasteiger partial charge in [-0.05, 0) is 43.5 Å². The Morgan fingerprint density at radius 3 is 2.45 bits per heavy atom. The zero-order valence-electron chi connectivity index (χ0n) is 12.6. The number of amides is 1. The van der Waals surface area contributed by atoms with Crippen molar-refractivity contribution in [2.75, 3.05) is 13.2 Å². The molecule has 0 aliphatic heterocycles. The molecule has 1 rings (SSSR count). The zero-order chi connectivity index (χ0) is 15.0. The molecule has 0 aliphatic rings. The summed E-state index contributed by atoms with van der Waals surface area (Å²) in [6.07, 6.45) is 4.64. The second kappa shape index (κ2) is 9.01. The van der Waals surface area contributed by atoms with E-state index in [0.29, 0.717) is 0 Å². The average Bonchev–Trinajstić information content (AvgIpc) is 2.37. The number of unbranched alkanes of at least 4 members (excludes halogenated alkanes) is 3.